The average molecular weight is 281 g/mol. The minimum Gasteiger partial charge on any atom is -0.307 e. The Bertz CT molecular complexity index is 566. The van der Waals surface area contributed by atoms with Crippen LogP contribution < -0.4 is 5.32 Å². The predicted molar refractivity (Wildman–Crippen MR) is 85.9 cm³/mol. The summed E-state index contributed by atoms with van der Waals surface area (Å²) in [6.45, 7) is 7.57. The molecule has 1 aromatic carbocycles. The van der Waals surface area contributed by atoms with Gasteiger partial charge in [0.25, 0.3) is 0 Å². The van der Waals surface area contributed by atoms with Crippen molar-refractivity contribution in [3.05, 3.63) is 66.0 Å². The summed E-state index contributed by atoms with van der Waals surface area (Å²) in [6, 6.07) is 15.3. The molecule has 110 valence electrons. The smallest absolute Gasteiger partial charge is 0.0450 e. The molecule has 1 saturated heterocycles. The quantitative estimate of drug-likeness (QED) is 0.937. The first-order chi connectivity index (χ1) is 10.1. The summed E-state index contributed by atoms with van der Waals surface area (Å²) >= 11 is 0. The maximum absolute atomic E-state index is 4.23. The number of rotatable bonds is 3. The van der Waals surface area contributed by atoms with Crippen molar-refractivity contribution in [2.24, 2.45) is 0 Å². The maximum atomic E-state index is 4.23. The Morgan fingerprint density at radius 1 is 1.19 bits per heavy atom. The van der Waals surface area contributed by atoms with Gasteiger partial charge in [-0.2, -0.15) is 0 Å². The third-order valence-electron chi connectivity index (χ3n) is 4.34. The van der Waals surface area contributed by atoms with Crippen molar-refractivity contribution in [2.75, 3.05) is 13.1 Å². The highest BCUT2D eigenvalue weighted by Crippen LogP contribution is 2.27. The number of nitrogens with zero attached hydrogens (tertiary/aromatic N) is 2. The minimum atomic E-state index is 0.154. The molecule has 0 aliphatic carbocycles. The van der Waals surface area contributed by atoms with Crippen molar-refractivity contribution >= 4 is 0 Å². The molecule has 2 aromatic rings. The zero-order chi connectivity index (χ0) is 14.7. The summed E-state index contributed by atoms with van der Waals surface area (Å²) < 4.78 is 0. The van der Waals surface area contributed by atoms with Gasteiger partial charge in [-0.25, -0.2) is 0 Å². The van der Waals surface area contributed by atoms with Crippen LogP contribution in [0.15, 0.2) is 54.9 Å². The summed E-state index contributed by atoms with van der Waals surface area (Å²) in [6.07, 6.45) is 3.80. The fourth-order valence-electron chi connectivity index (χ4n) is 2.92. The lowest BCUT2D eigenvalue weighted by atomic mass is 9.94. The zero-order valence-corrected chi connectivity index (χ0v) is 12.8. The first kappa shape index (κ1) is 14.2. The van der Waals surface area contributed by atoms with Gasteiger partial charge in [-0.1, -0.05) is 36.4 Å². The van der Waals surface area contributed by atoms with E-state index in [1.165, 1.54) is 11.1 Å². The van der Waals surface area contributed by atoms with Gasteiger partial charge >= 0.3 is 0 Å². The molecule has 1 fully saturated rings. The Morgan fingerprint density at radius 3 is 2.71 bits per heavy atom. The normalized spacial score (nSPS) is 22.1. The van der Waals surface area contributed by atoms with Gasteiger partial charge in [0, 0.05) is 43.6 Å². The van der Waals surface area contributed by atoms with Gasteiger partial charge in [0.15, 0.2) is 0 Å². The van der Waals surface area contributed by atoms with Gasteiger partial charge in [0.1, 0.15) is 0 Å². The van der Waals surface area contributed by atoms with Crippen molar-refractivity contribution < 1.29 is 0 Å². The highest BCUT2D eigenvalue weighted by Gasteiger charge is 2.34. The predicted octanol–water partition coefficient (Wildman–Crippen LogP) is 3.01. The van der Waals surface area contributed by atoms with E-state index in [1.807, 2.05) is 18.5 Å². The molecule has 1 aromatic heterocycles. The lowest BCUT2D eigenvalue weighted by molar-refractivity contribution is 0.0582. The van der Waals surface area contributed by atoms with Crippen molar-refractivity contribution in [1.29, 1.82) is 0 Å². The highest BCUT2D eigenvalue weighted by atomic mass is 15.3. The van der Waals surface area contributed by atoms with Crippen LogP contribution in [0.1, 0.15) is 31.0 Å². The Hall–Kier alpha value is -1.71. The molecule has 0 saturated carbocycles. The van der Waals surface area contributed by atoms with Crippen molar-refractivity contribution in [3.8, 4) is 0 Å². The number of benzene rings is 1. The van der Waals surface area contributed by atoms with E-state index in [1.54, 1.807) is 0 Å². The van der Waals surface area contributed by atoms with E-state index in [0.717, 1.165) is 19.6 Å². The molecule has 0 spiro atoms. The standard InChI is InChI=1S/C18H23N3/c1-18(2)14-20-17(16-8-4-3-5-9-16)13-21(18)12-15-7-6-10-19-11-15/h3-11,17,20H,12-14H2,1-2H3. The second-order valence-corrected chi connectivity index (χ2v) is 6.40. The van der Waals surface area contributed by atoms with Crippen LogP contribution in [0.2, 0.25) is 0 Å². The van der Waals surface area contributed by atoms with E-state index >= 15 is 0 Å². The molecule has 3 rings (SSSR count). The van der Waals surface area contributed by atoms with Crippen LogP contribution in [-0.2, 0) is 6.54 Å². The van der Waals surface area contributed by atoms with Crippen molar-refractivity contribution in [1.82, 2.24) is 15.2 Å². The van der Waals surface area contributed by atoms with E-state index in [9.17, 15) is 0 Å². The molecule has 3 nitrogen and oxygen atoms in total. The number of pyridine rings is 1. The van der Waals surface area contributed by atoms with Gasteiger partial charge in [-0.15, -0.1) is 0 Å². The molecule has 1 unspecified atom stereocenters. The molecule has 3 heteroatoms. The zero-order valence-electron chi connectivity index (χ0n) is 12.8. The molecule has 1 N–H and O–H groups in total. The summed E-state index contributed by atoms with van der Waals surface area (Å²) in [4.78, 5) is 6.79. The number of hydrogen-bond donors (Lipinski definition) is 1. The molecule has 21 heavy (non-hydrogen) atoms. The summed E-state index contributed by atoms with van der Waals surface area (Å²) in [5.41, 5.74) is 2.80. The number of nitrogens with one attached hydrogen (secondary N) is 1. The first-order valence-electron chi connectivity index (χ1n) is 7.57. The minimum absolute atomic E-state index is 0.154. The molecule has 1 aliphatic rings. The van der Waals surface area contributed by atoms with Crippen LogP contribution >= 0.6 is 0 Å². The Kier molecular flexibility index (Phi) is 4.04. The number of hydrogen-bond acceptors (Lipinski definition) is 3. The van der Waals surface area contributed by atoms with Crippen LogP contribution in [0, 0.1) is 0 Å². The van der Waals surface area contributed by atoms with Crippen LogP contribution in [0.25, 0.3) is 0 Å². The van der Waals surface area contributed by atoms with E-state index in [4.69, 9.17) is 0 Å². The SMILES string of the molecule is CC1(C)CNC(c2ccccc2)CN1Cc1cccnc1. The second kappa shape index (κ2) is 5.96. The van der Waals surface area contributed by atoms with E-state index < -0.39 is 0 Å². The number of aromatic nitrogens is 1. The summed E-state index contributed by atoms with van der Waals surface area (Å²) in [5, 5.41) is 3.68. The molecule has 2 heterocycles. The second-order valence-electron chi connectivity index (χ2n) is 6.40. The van der Waals surface area contributed by atoms with Crippen LogP contribution in [0.5, 0.6) is 0 Å². The highest BCUT2D eigenvalue weighted by molar-refractivity contribution is 5.21. The van der Waals surface area contributed by atoms with Crippen LogP contribution in [0.4, 0.5) is 0 Å². The van der Waals surface area contributed by atoms with Crippen LogP contribution in [-0.4, -0.2) is 28.5 Å². The molecule has 0 radical (unpaired) electrons. The summed E-state index contributed by atoms with van der Waals surface area (Å²) in [7, 11) is 0. The average Bonchev–Trinajstić information content (AvgIpc) is 2.51. The van der Waals surface area contributed by atoms with Crippen LogP contribution in [0.3, 0.4) is 0 Å². The fraction of sp³-hybridized carbons (Fsp3) is 0.389. The topological polar surface area (TPSA) is 28.2 Å². The summed E-state index contributed by atoms with van der Waals surface area (Å²) in [5.74, 6) is 0. The Morgan fingerprint density at radius 2 is 2.00 bits per heavy atom. The van der Waals surface area contributed by atoms with E-state index in [0.29, 0.717) is 6.04 Å². The van der Waals surface area contributed by atoms with Gasteiger partial charge in [-0.3, -0.25) is 9.88 Å². The largest absolute Gasteiger partial charge is 0.307 e. The molecule has 1 atom stereocenters. The van der Waals surface area contributed by atoms with Gasteiger partial charge in [-0.05, 0) is 31.0 Å². The molecular weight excluding hydrogens is 258 g/mol. The molecule has 0 bridgehead atoms. The Balaban J connectivity index is 1.77. The van der Waals surface area contributed by atoms with E-state index in [2.05, 4.69) is 65.4 Å². The number of piperazine rings is 1. The Labute approximate surface area is 127 Å². The third kappa shape index (κ3) is 3.31. The third-order valence-corrected chi connectivity index (χ3v) is 4.34. The maximum Gasteiger partial charge on any atom is 0.0450 e. The van der Waals surface area contributed by atoms with Crippen molar-refractivity contribution in [2.45, 2.75) is 32.0 Å². The molecule has 1 aliphatic heterocycles. The van der Waals surface area contributed by atoms with Gasteiger partial charge in [0.05, 0.1) is 0 Å². The lowest BCUT2D eigenvalue weighted by Gasteiger charge is -2.46. The molecule has 0 amide bonds. The van der Waals surface area contributed by atoms with E-state index in [-0.39, 0.29) is 5.54 Å². The van der Waals surface area contributed by atoms with Gasteiger partial charge < -0.3 is 5.32 Å². The van der Waals surface area contributed by atoms with Gasteiger partial charge in [0.2, 0.25) is 0 Å². The monoisotopic (exact) mass is 281 g/mol. The lowest BCUT2D eigenvalue weighted by Crippen LogP contribution is -2.58. The van der Waals surface area contributed by atoms with Crippen molar-refractivity contribution in [3.63, 3.8) is 0 Å². The first-order valence-corrected chi connectivity index (χ1v) is 7.57. The fourth-order valence-corrected chi connectivity index (χ4v) is 2.92. The molecular formula is C18H23N3.